The van der Waals surface area contributed by atoms with E-state index in [-0.39, 0.29) is 0 Å². The van der Waals surface area contributed by atoms with E-state index in [1.54, 1.807) is 14.0 Å². The monoisotopic (exact) mass is 219 g/mol. The van der Waals surface area contributed by atoms with Crippen LogP contribution in [0.1, 0.15) is 11.7 Å². The van der Waals surface area contributed by atoms with Crippen molar-refractivity contribution in [3.63, 3.8) is 0 Å². The molecule has 5 heteroatoms. The number of ether oxygens (including phenoxy) is 1. The van der Waals surface area contributed by atoms with E-state index in [0.717, 1.165) is 11.4 Å². The molecule has 0 radical (unpaired) electrons. The maximum atomic E-state index is 5.12. The Balaban J connectivity index is 1.99. The summed E-state index contributed by atoms with van der Waals surface area (Å²) in [4.78, 5) is 4.10. The normalized spacial score (nSPS) is 10.1. The van der Waals surface area contributed by atoms with Gasteiger partial charge in [0.1, 0.15) is 5.75 Å². The van der Waals surface area contributed by atoms with Crippen LogP contribution in [0.3, 0.4) is 0 Å². The molecule has 0 atom stereocenters. The minimum atomic E-state index is 0.532. The number of aromatic nitrogens is 2. The minimum Gasteiger partial charge on any atom is -0.497 e. The molecule has 0 aliphatic rings. The molecule has 0 bridgehead atoms. The lowest BCUT2D eigenvalue weighted by Gasteiger charge is -2.05. The number of rotatable bonds is 4. The molecule has 1 N–H and O–H groups in total. The predicted molar refractivity (Wildman–Crippen MR) is 59.4 cm³/mol. The third kappa shape index (κ3) is 2.50. The zero-order chi connectivity index (χ0) is 11.4. The first-order chi connectivity index (χ1) is 7.78. The number of nitrogens with one attached hydrogen (secondary N) is 1. The topological polar surface area (TPSA) is 60.2 Å². The average Bonchev–Trinajstić information content (AvgIpc) is 2.73. The second-order valence-corrected chi connectivity index (χ2v) is 3.32. The van der Waals surface area contributed by atoms with Crippen molar-refractivity contribution in [2.24, 2.45) is 0 Å². The summed E-state index contributed by atoms with van der Waals surface area (Å²) in [5, 5.41) is 6.98. The molecule has 0 saturated carbocycles. The maximum absolute atomic E-state index is 5.12. The first kappa shape index (κ1) is 10.5. The molecule has 0 aliphatic heterocycles. The van der Waals surface area contributed by atoms with Crippen LogP contribution in [0.15, 0.2) is 28.8 Å². The molecular weight excluding hydrogens is 206 g/mol. The molecule has 0 aliphatic carbocycles. The van der Waals surface area contributed by atoms with Gasteiger partial charge in [0, 0.05) is 18.7 Å². The Morgan fingerprint density at radius 2 is 2.31 bits per heavy atom. The molecule has 0 spiro atoms. The lowest BCUT2D eigenvalue weighted by Crippen LogP contribution is -2.01. The number of hydrogen-bond acceptors (Lipinski definition) is 5. The van der Waals surface area contributed by atoms with Crippen molar-refractivity contribution in [3.05, 3.63) is 36.0 Å². The number of nitrogens with zero attached hydrogens (tertiary/aromatic N) is 2. The van der Waals surface area contributed by atoms with Gasteiger partial charge in [-0.3, -0.25) is 0 Å². The quantitative estimate of drug-likeness (QED) is 0.852. The van der Waals surface area contributed by atoms with Crippen molar-refractivity contribution in [1.82, 2.24) is 10.1 Å². The average molecular weight is 219 g/mol. The molecular formula is C11H13N3O2. The lowest BCUT2D eigenvalue weighted by molar-refractivity contribution is 0.388. The van der Waals surface area contributed by atoms with Crippen molar-refractivity contribution in [3.8, 4) is 5.75 Å². The largest absolute Gasteiger partial charge is 0.497 e. The second kappa shape index (κ2) is 4.65. The number of anilines is 1. The van der Waals surface area contributed by atoms with Gasteiger partial charge in [0.25, 0.3) is 0 Å². The highest BCUT2D eigenvalue weighted by atomic mass is 16.5. The van der Waals surface area contributed by atoms with E-state index in [1.807, 2.05) is 24.3 Å². The van der Waals surface area contributed by atoms with Crippen molar-refractivity contribution in [1.29, 1.82) is 0 Å². The Labute approximate surface area is 93.4 Å². The van der Waals surface area contributed by atoms with Crippen molar-refractivity contribution >= 4 is 5.69 Å². The van der Waals surface area contributed by atoms with Gasteiger partial charge >= 0.3 is 0 Å². The molecule has 2 aromatic rings. The van der Waals surface area contributed by atoms with Gasteiger partial charge in [0.15, 0.2) is 5.82 Å². The fourth-order valence-electron chi connectivity index (χ4n) is 1.33. The van der Waals surface area contributed by atoms with E-state index in [2.05, 4.69) is 15.5 Å². The van der Waals surface area contributed by atoms with Crippen LogP contribution in [0.5, 0.6) is 5.75 Å². The molecule has 1 aromatic heterocycles. The molecule has 0 amide bonds. The molecule has 0 unspecified atom stereocenters. The molecule has 0 fully saturated rings. The van der Waals surface area contributed by atoms with Gasteiger partial charge in [-0.2, -0.15) is 4.98 Å². The van der Waals surface area contributed by atoms with Gasteiger partial charge in [0.05, 0.1) is 13.7 Å². The molecule has 1 heterocycles. The first-order valence-corrected chi connectivity index (χ1v) is 4.95. The molecule has 1 aromatic carbocycles. The summed E-state index contributed by atoms with van der Waals surface area (Å²) in [6, 6.07) is 7.68. The van der Waals surface area contributed by atoms with Crippen molar-refractivity contribution < 1.29 is 9.26 Å². The molecule has 5 nitrogen and oxygen atoms in total. The van der Waals surface area contributed by atoms with Crippen LogP contribution in [-0.2, 0) is 6.54 Å². The Kier molecular flexibility index (Phi) is 3.05. The highest BCUT2D eigenvalue weighted by Gasteiger charge is 2.01. The fraction of sp³-hybridized carbons (Fsp3) is 0.273. The smallest absolute Gasteiger partial charge is 0.223 e. The van der Waals surface area contributed by atoms with Crippen molar-refractivity contribution in [2.45, 2.75) is 13.5 Å². The van der Waals surface area contributed by atoms with Gasteiger partial charge in [-0.25, -0.2) is 0 Å². The summed E-state index contributed by atoms with van der Waals surface area (Å²) < 4.78 is 9.99. The predicted octanol–water partition coefficient (Wildman–Crippen LogP) is 2.00. The van der Waals surface area contributed by atoms with Gasteiger partial charge in [-0.15, -0.1) is 0 Å². The number of aryl methyl sites for hydroxylation is 1. The van der Waals surface area contributed by atoms with E-state index in [0.29, 0.717) is 18.3 Å². The van der Waals surface area contributed by atoms with E-state index in [1.165, 1.54) is 0 Å². The maximum Gasteiger partial charge on any atom is 0.223 e. The highest BCUT2D eigenvalue weighted by molar-refractivity contribution is 5.48. The Morgan fingerprint density at radius 3 is 3.00 bits per heavy atom. The van der Waals surface area contributed by atoms with Crippen LogP contribution >= 0.6 is 0 Å². The summed E-state index contributed by atoms with van der Waals surface area (Å²) in [6.07, 6.45) is 0. The molecule has 16 heavy (non-hydrogen) atoms. The van der Waals surface area contributed by atoms with Crippen LogP contribution in [0.25, 0.3) is 0 Å². The van der Waals surface area contributed by atoms with Crippen molar-refractivity contribution in [2.75, 3.05) is 12.4 Å². The van der Waals surface area contributed by atoms with Crippen LogP contribution in [0.4, 0.5) is 5.69 Å². The van der Waals surface area contributed by atoms with E-state index in [4.69, 9.17) is 9.26 Å². The molecule has 2 rings (SSSR count). The van der Waals surface area contributed by atoms with E-state index >= 15 is 0 Å². The number of hydrogen-bond donors (Lipinski definition) is 1. The van der Waals surface area contributed by atoms with E-state index < -0.39 is 0 Å². The summed E-state index contributed by atoms with van der Waals surface area (Å²) in [6.45, 7) is 2.30. The van der Waals surface area contributed by atoms with Gasteiger partial charge in [-0.05, 0) is 12.1 Å². The van der Waals surface area contributed by atoms with Crippen LogP contribution in [0.2, 0.25) is 0 Å². The van der Waals surface area contributed by atoms with E-state index in [9.17, 15) is 0 Å². The number of methoxy groups -OCH3 is 1. The molecule has 84 valence electrons. The third-order valence-electron chi connectivity index (χ3n) is 2.09. The Hall–Kier alpha value is -2.04. The van der Waals surface area contributed by atoms with Crippen LogP contribution in [0, 0.1) is 6.92 Å². The highest BCUT2D eigenvalue weighted by Crippen LogP contribution is 2.16. The zero-order valence-corrected chi connectivity index (χ0v) is 9.23. The second-order valence-electron chi connectivity index (χ2n) is 3.32. The van der Waals surface area contributed by atoms with Crippen LogP contribution in [-0.4, -0.2) is 17.3 Å². The third-order valence-corrected chi connectivity index (χ3v) is 2.09. The van der Waals surface area contributed by atoms with Gasteiger partial charge < -0.3 is 14.6 Å². The van der Waals surface area contributed by atoms with Crippen LogP contribution < -0.4 is 10.1 Å². The summed E-state index contributed by atoms with van der Waals surface area (Å²) in [5.74, 6) is 2.03. The molecule has 0 saturated heterocycles. The standard InChI is InChI=1S/C11H13N3O2/c1-8-13-11(14-16-8)7-12-9-4-3-5-10(6-9)15-2/h3-6,12H,7H2,1-2H3. The van der Waals surface area contributed by atoms with Gasteiger partial charge in [-0.1, -0.05) is 11.2 Å². The summed E-state index contributed by atoms with van der Waals surface area (Å²) in [7, 11) is 1.64. The van der Waals surface area contributed by atoms with Gasteiger partial charge in [0.2, 0.25) is 5.89 Å². The Bertz CT molecular complexity index is 468. The summed E-state index contributed by atoms with van der Waals surface area (Å²) >= 11 is 0. The first-order valence-electron chi connectivity index (χ1n) is 4.95. The Morgan fingerprint density at radius 1 is 1.44 bits per heavy atom. The SMILES string of the molecule is COc1cccc(NCc2noc(C)n2)c1. The lowest BCUT2D eigenvalue weighted by atomic mass is 10.3. The fourth-order valence-corrected chi connectivity index (χ4v) is 1.33. The number of benzene rings is 1. The summed E-state index contributed by atoms with van der Waals surface area (Å²) in [5.41, 5.74) is 0.960. The zero-order valence-electron chi connectivity index (χ0n) is 9.23. The minimum absolute atomic E-state index is 0.532.